The molecule has 1 unspecified atom stereocenters. The van der Waals surface area contributed by atoms with Crippen molar-refractivity contribution < 1.29 is 14.0 Å². The summed E-state index contributed by atoms with van der Waals surface area (Å²) in [4.78, 5) is 8.80. The van der Waals surface area contributed by atoms with Crippen molar-refractivity contribution in [3.8, 4) is 11.5 Å². The van der Waals surface area contributed by atoms with E-state index in [1.807, 2.05) is 39.0 Å². The third kappa shape index (κ3) is 8.08. The van der Waals surface area contributed by atoms with Gasteiger partial charge in [0.25, 0.3) is 0 Å². The Morgan fingerprint density at radius 2 is 1.90 bits per heavy atom. The molecule has 0 bridgehead atoms. The summed E-state index contributed by atoms with van der Waals surface area (Å²) >= 11 is 0. The van der Waals surface area contributed by atoms with E-state index < -0.39 is 0 Å². The van der Waals surface area contributed by atoms with E-state index in [1.165, 1.54) is 0 Å². The fourth-order valence-electron chi connectivity index (χ4n) is 2.65. The van der Waals surface area contributed by atoms with Crippen LogP contribution in [0.3, 0.4) is 0 Å². The molecule has 2 rings (SSSR count). The van der Waals surface area contributed by atoms with Crippen LogP contribution in [0.15, 0.2) is 27.7 Å². The van der Waals surface area contributed by atoms with Crippen molar-refractivity contribution in [1.29, 1.82) is 0 Å². The molecule has 2 N–H and O–H groups in total. The summed E-state index contributed by atoms with van der Waals surface area (Å²) in [6, 6.07) is 6.04. The number of aromatic nitrogens is 2. The number of hydrogen-bond acceptors (Lipinski definition) is 6. The highest BCUT2D eigenvalue weighted by Crippen LogP contribution is 2.30. The maximum Gasteiger partial charge on any atom is 0.228 e. The van der Waals surface area contributed by atoms with Crippen molar-refractivity contribution in [3.05, 3.63) is 35.5 Å². The van der Waals surface area contributed by atoms with Gasteiger partial charge in [-0.2, -0.15) is 4.98 Å². The summed E-state index contributed by atoms with van der Waals surface area (Å²) in [7, 11) is 0. The fraction of sp³-hybridized carbons (Fsp3) is 0.550. The lowest BCUT2D eigenvalue weighted by atomic mass is 10.1. The van der Waals surface area contributed by atoms with E-state index >= 15 is 0 Å². The van der Waals surface area contributed by atoms with E-state index in [-0.39, 0.29) is 30.0 Å². The second kappa shape index (κ2) is 13.2. The van der Waals surface area contributed by atoms with Crippen LogP contribution >= 0.6 is 24.0 Å². The molecule has 9 heteroatoms. The minimum atomic E-state index is 0. The van der Waals surface area contributed by atoms with E-state index in [0.29, 0.717) is 37.9 Å². The summed E-state index contributed by atoms with van der Waals surface area (Å²) in [6.45, 7) is 12.4. The SMILES string of the molecule is CCNC(=NCCc1nc(C)no1)NC(C)c1ccc(OCC)c(OCC)c1.I. The number of halogens is 1. The van der Waals surface area contributed by atoms with Crippen LogP contribution in [0.1, 0.15) is 51.0 Å². The lowest BCUT2D eigenvalue weighted by molar-refractivity contribution is 0.287. The highest BCUT2D eigenvalue weighted by molar-refractivity contribution is 14.0. The molecular formula is C20H32IN5O3. The second-order valence-corrected chi connectivity index (χ2v) is 6.18. The van der Waals surface area contributed by atoms with E-state index in [1.54, 1.807) is 6.92 Å². The quantitative estimate of drug-likeness (QED) is 0.282. The van der Waals surface area contributed by atoms with Crippen molar-refractivity contribution in [2.24, 2.45) is 4.99 Å². The van der Waals surface area contributed by atoms with Gasteiger partial charge in [-0.1, -0.05) is 11.2 Å². The molecule has 162 valence electrons. The molecule has 2 aromatic rings. The molecule has 0 spiro atoms. The molecule has 1 aromatic carbocycles. The minimum Gasteiger partial charge on any atom is -0.490 e. The number of benzene rings is 1. The van der Waals surface area contributed by atoms with Crippen molar-refractivity contribution in [3.63, 3.8) is 0 Å². The number of guanidine groups is 1. The number of nitrogens with zero attached hydrogens (tertiary/aromatic N) is 3. The molecule has 0 radical (unpaired) electrons. The Bertz CT molecular complexity index is 766. The van der Waals surface area contributed by atoms with E-state index in [9.17, 15) is 0 Å². The van der Waals surface area contributed by atoms with Crippen LogP contribution in [0.5, 0.6) is 11.5 Å². The maximum atomic E-state index is 5.73. The Kier molecular flexibility index (Phi) is 11.4. The zero-order valence-corrected chi connectivity index (χ0v) is 20.1. The van der Waals surface area contributed by atoms with Gasteiger partial charge in [-0.15, -0.1) is 24.0 Å². The fourth-order valence-corrected chi connectivity index (χ4v) is 2.65. The predicted octanol–water partition coefficient (Wildman–Crippen LogP) is 3.65. The summed E-state index contributed by atoms with van der Waals surface area (Å²) < 4.78 is 16.5. The van der Waals surface area contributed by atoms with E-state index in [0.717, 1.165) is 29.6 Å². The van der Waals surface area contributed by atoms with Crippen LogP contribution in [0.2, 0.25) is 0 Å². The van der Waals surface area contributed by atoms with Crippen molar-refractivity contribution >= 4 is 29.9 Å². The molecule has 0 aliphatic carbocycles. The largest absolute Gasteiger partial charge is 0.490 e. The first kappa shape index (κ1) is 25.0. The number of aryl methyl sites for hydroxylation is 1. The monoisotopic (exact) mass is 517 g/mol. The minimum absolute atomic E-state index is 0. The first-order valence-corrected chi connectivity index (χ1v) is 9.80. The zero-order valence-electron chi connectivity index (χ0n) is 17.8. The Morgan fingerprint density at radius 3 is 2.52 bits per heavy atom. The summed E-state index contributed by atoms with van der Waals surface area (Å²) in [5, 5.41) is 10.5. The van der Waals surface area contributed by atoms with Gasteiger partial charge in [0.2, 0.25) is 5.89 Å². The van der Waals surface area contributed by atoms with Crippen LogP contribution < -0.4 is 20.1 Å². The van der Waals surface area contributed by atoms with Crippen molar-refractivity contribution in [2.45, 2.75) is 47.1 Å². The van der Waals surface area contributed by atoms with Gasteiger partial charge >= 0.3 is 0 Å². The first-order valence-electron chi connectivity index (χ1n) is 9.80. The Labute approximate surface area is 189 Å². The molecule has 1 atom stereocenters. The molecule has 0 fully saturated rings. The average molecular weight is 517 g/mol. The topological polar surface area (TPSA) is 93.8 Å². The van der Waals surface area contributed by atoms with Gasteiger partial charge in [-0.25, -0.2) is 0 Å². The van der Waals surface area contributed by atoms with Crippen LogP contribution in [-0.4, -0.2) is 42.4 Å². The Morgan fingerprint density at radius 1 is 1.17 bits per heavy atom. The van der Waals surface area contributed by atoms with E-state index in [4.69, 9.17) is 14.0 Å². The average Bonchev–Trinajstić information content (AvgIpc) is 3.08. The smallest absolute Gasteiger partial charge is 0.228 e. The lowest BCUT2D eigenvalue weighted by Gasteiger charge is -2.20. The lowest BCUT2D eigenvalue weighted by Crippen LogP contribution is -2.38. The van der Waals surface area contributed by atoms with Crippen molar-refractivity contribution in [2.75, 3.05) is 26.3 Å². The Balaban J connectivity index is 0.00000420. The van der Waals surface area contributed by atoms with Gasteiger partial charge in [-0.3, -0.25) is 4.99 Å². The van der Waals surface area contributed by atoms with Crippen LogP contribution in [0.25, 0.3) is 0 Å². The molecule has 0 aliphatic rings. The van der Waals surface area contributed by atoms with Crippen LogP contribution in [-0.2, 0) is 6.42 Å². The zero-order chi connectivity index (χ0) is 20.4. The van der Waals surface area contributed by atoms with Crippen LogP contribution in [0, 0.1) is 6.92 Å². The molecular weight excluding hydrogens is 485 g/mol. The van der Waals surface area contributed by atoms with Gasteiger partial charge in [-0.05, 0) is 52.3 Å². The number of nitrogens with one attached hydrogen (secondary N) is 2. The third-order valence-electron chi connectivity index (χ3n) is 3.93. The second-order valence-electron chi connectivity index (χ2n) is 6.18. The van der Waals surface area contributed by atoms with Gasteiger partial charge in [0.1, 0.15) is 0 Å². The van der Waals surface area contributed by atoms with Gasteiger partial charge in [0.05, 0.1) is 25.8 Å². The highest BCUT2D eigenvalue weighted by atomic mass is 127. The molecule has 1 aromatic heterocycles. The first-order chi connectivity index (χ1) is 13.6. The van der Waals surface area contributed by atoms with Crippen molar-refractivity contribution in [1.82, 2.24) is 20.8 Å². The number of ether oxygens (including phenoxy) is 2. The third-order valence-corrected chi connectivity index (χ3v) is 3.93. The number of aliphatic imine (C=N–C) groups is 1. The molecule has 0 amide bonds. The summed E-state index contributed by atoms with van der Waals surface area (Å²) in [5.74, 6) is 3.48. The van der Waals surface area contributed by atoms with Gasteiger partial charge < -0.3 is 24.6 Å². The standard InChI is InChI=1S/C20H31N5O3.HI/c1-6-21-20(22-12-11-19-24-15(5)25-28-19)23-14(4)16-9-10-17(26-7-2)18(13-16)27-8-3;/h9-10,13-14H,6-8,11-12H2,1-5H3,(H2,21,22,23);1H. The van der Waals surface area contributed by atoms with Gasteiger partial charge in [0, 0.05) is 13.0 Å². The predicted molar refractivity (Wildman–Crippen MR) is 124 cm³/mol. The molecule has 0 saturated carbocycles. The van der Waals surface area contributed by atoms with Crippen LogP contribution in [0.4, 0.5) is 0 Å². The molecule has 0 aliphatic heterocycles. The number of rotatable bonds is 10. The van der Waals surface area contributed by atoms with Gasteiger partial charge in [0.15, 0.2) is 23.3 Å². The highest BCUT2D eigenvalue weighted by Gasteiger charge is 2.12. The molecule has 8 nitrogen and oxygen atoms in total. The molecule has 1 heterocycles. The summed E-state index contributed by atoms with van der Waals surface area (Å²) in [5.41, 5.74) is 1.09. The summed E-state index contributed by atoms with van der Waals surface area (Å²) in [6.07, 6.45) is 0.601. The number of hydrogen-bond donors (Lipinski definition) is 2. The molecule has 29 heavy (non-hydrogen) atoms. The molecule has 0 saturated heterocycles. The Hall–Kier alpha value is -2.04. The maximum absolute atomic E-state index is 5.73. The van der Waals surface area contributed by atoms with E-state index in [2.05, 4.69) is 32.7 Å². The normalized spacial score (nSPS) is 12.1.